The Morgan fingerprint density at radius 2 is 2.33 bits per heavy atom. The van der Waals surface area contributed by atoms with Crippen LogP contribution >= 0.6 is 11.8 Å². The van der Waals surface area contributed by atoms with E-state index in [0.29, 0.717) is 11.8 Å². The Hall–Kier alpha value is -1.00. The van der Waals surface area contributed by atoms with Crippen molar-refractivity contribution in [1.82, 2.24) is 5.32 Å². The lowest BCUT2D eigenvalue weighted by atomic mass is 9.81. The number of carboxylic acids is 1. The summed E-state index contributed by atoms with van der Waals surface area (Å²) in [7, 11) is 0. The van der Waals surface area contributed by atoms with E-state index in [9.17, 15) is 9.90 Å². The van der Waals surface area contributed by atoms with Gasteiger partial charge in [0.25, 0.3) is 0 Å². The molecular weight excluding hydrogens is 246 g/mol. The lowest BCUT2D eigenvalue weighted by molar-refractivity contribution is -0.148. The molecule has 2 heterocycles. The highest BCUT2D eigenvalue weighted by Gasteiger charge is 2.44. The molecule has 3 nitrogen and oxygen atoms in total. The van der Waals surface area contributed by atoms with Gasteiger partial charge < -0.3 is 10.4 Å². The molecule has 2 unspecified atom stereocenters. The molecule has 2 aliphatic rings. The number of benzene rings is 1. The molecule has 1 aromatic carbocycles. The fraction of sp³-hybridized carbons (Fsp3) is 0.500. The summed E-state index contributed by atoms with van der Waals surface area (Å²) in [6.45, 7) is 1.45. The van der Waals surface area contributed by atoms with Gasteiger partial charge in [-0.15, -0.1) is 11.8 Å². The minimum atomic E-state index is -0.635. The predicted octanol–water partition coefficient (Wildman–Crippen LogP) is 2.16. The highest BCUT2D eigenvalue weighted by molar-refractivity contribution is 8.00. The molecule has 3 rings (SSSR count). The van der Waals surface area contributed by atoms with E-state index in [1.54, 1.807) is 0 Å². The van der Waals surface area contributed by atoms with Crippen molar-refractivity contribution in [3.05, 3.63) is 29.8 Å². The highest BCUT2D eigenvalue weighted by Crippen LogP contribution is 2.43. The molecule has 2 aliphatic heterocycles. The summed E-state index contributed by atoms with van der Waals surface area (Å²) >= 11 is 1.85. The second kappa shape index (κ2) is 4.59. The monoisotopic (exact) mass is 263 g/mol. The highest BCUT2D eigenvalue weighted by atomic mass is 32.2. The molecule has 2 N–H and O–H groups in total. The van der Waals surface area contributed by atoms with Gasteiger partial charge in [-0.2, -0.15) is 0 Å². The van der Waals surface area contributed by atoms with Crippen LogP contribution in [0.5, 0.6) is 0 Å². The topological polar surface area (TPSA) is 49.3 Å². The standard InChI is InChI=1S/C14H17NO2S/c16-13(17)14(5-6-15-9-14)8-11-7-10-3-1-2-4-12(10)18-11/h1-4,11,15H,5-9H2,(H,16,17). The fourth-order valence-corrected chi connectivity index (χ4v) is 4.48. The first-order valence-electron chi connectivity index (χ1n) is 6.38. The number of fused-ring (bicyclic) bond motifs is 1. The molecule has 0 amide bonds. The van der Waals surface area contributed by atoms with Gasteiger partial charge >= 0.3 is 5.97 Å². The van der Waals surface area contributed by atoms with E-state index in [4.69, 9.17) is 0 Å². The van der Waals surface area contributed by atoms with Crippen LogP contribution in [-0.2, 0) is 11.2 Å². The number of rotatable bonds is 3. The van der Waals surface area contributed by atoms with Crippen molar-refractivity contribution in [1.29, 1.82) is 0 Å². The molecule has 1 saturated heterocycles. The van der Waals surface area contributed by atoms with Crippen molar-refractivity contribution in [2.75, 3.05) is 13.1 Å². The summed E-state index contributed by atoms with van der Waals surface area (Å²) in [5.41, 5.74) is 0.832. The van der Waals surface area contributed by atoms with E-state index in [2.05, 4.69) is 29.6 Å². The number of carboxylic acid groups (broad SMARTS) is 1. The van der Waals surface area contributed by atoms with Crippen molar-refractivity contribution in [2.45, 2.75) is 29.4 Å². The minimum Gasteiger partial charge on any atom is -0.481 e. The Morgan fingerprint density at radius 1 is 1.50 bits per heavy atom. The molecular formula is C14H17NO2S. The number of aliphatic carboxylic acids is 1. The van der Waals surface area contributed by atoms with Gasteiger partial charge in [-0.25, -0.2) is 0 Å². The van der Waals surface area contributed by atoms with Gasteiger partial charge in [-0.1, -0.05) is 18.2 Å². The van der Waals surface area contributed by atoms with Gasteiger partial charge in [0, 0.05) is 16.7 Å². The summed E-state index contributed by atoms with van der Waals surface area (Å²) in [5, 5.41) is 13.1. The Morgan fingerprint density at radius 3 is 3.00 bits per heavy atom. The molecule has 18 heavy (non-hydrogen) atoms. The zero-order valence-electron chi connectivity index (χ0n) is 10.2. The van der Waals surface area contributed by atoms with Crippen molar-refractivity contribution >= 4 is 17.7 Å². The molecule has 0 saturated carbocycles. The third-order valence-corrected chi connectivity index (χ3v) is 5.35. The molecule has 0 aliphatic carbocycles. The molecule has 1 aromatic rings. The van der Waals surface area contributed by atoms with E-state index in [-0.39, 0.29) is 0 Å². The molecule has 96 valence electrons. The van der Waals surface area contributed by atoms with Crippen LogP contribution in [0.25, 0.3) is 0 Å². The van der Waals surface area contributed by atoms with Crippen LogP contribution in [0.3, 0.4) is 0 Å². The number of thioether (sulfide) groups is 1. The maximum Gasteiger partial charge on any atom is 0.311 e. The maximum absolute atomic E-state index is 11.5. The van der Waals surface area contributed by atoms with Gasteiger partial charge in [0.1, 0.15) is 0 Å². The summed E-state index contributed by atoms with van der Waals surface area (Å²) < 4.78 is 0. The van der Waals surface area contributed by atoms with Crippen LogP contribution in [-0.4, -0.2) is 29.4 Å². The van der Waals surface area contributed by atoms with Crippen LogP contribution in [0.2, 0.25) is 0 Å². The van der Waals surface area contributed by atoms with Gasteiger partial charge in [-0.3, -0.25) is 4.79 Å². The fourth-order valence-electron chi connectivity index (χ4n) is 2.99. The van der Waals surface area contributed by atoms with Crippen LogP contribution in [0, 0.1) is 5.41 Å². The maximum atomic E-state index is 11.5. The van der Waals surface area contributed by atoms with Crippen molar-refractivity contribution in [3.63, 3.8) is 0 Å². The van der Waals surface area contributed by atoms with Crippen LogP contribution in [0.15, 0.2) is 29.2 Å². The summed E-state index contributed by atoms with van der Waals surface area (Å²) in [4.78, 5) is 12.9. The van der Waals surface area contributed by atoms with E-state index in [1.165, 1.54) is 10.5 Å². The summed E-state index contributed by atoms with van der Waals surface area (Å²) in [6, 6.07) is 8.41. The van der Waals surface area contributed by atoms with E-state index in [0.717, 1.165) is 25.8 Å². The molecule has 0 bridgehead atoms. The van der Waals surface area contributed by atoms with Gasteiger partial charge in [0.05, 0.1) is 5.41 Å². The van der Waals surface area contributed by atoms with Crippen molar-refractivity contribution in [2.24, 2.45) is 5.41 Å². The average molecular weight is 263 g/mol. The third-order valence-electron chi connectivity index (χ3n) is 4.03. The second-order valence-electron chi connectivity index (χ2n) is 5.27. The molecule has 4 heteroatoms. The third kappa shape index (κ3) is 2.04. The quantitative estimate of drug-likeness (QED) is 0.877. The normalized spacial score (nSPS) is 30.3. The lowest BCUT2D eigenvalue weighted by Gasteiger charge is -2.25. The molecule has 0 spiro atoms. The minimum absolute atomic E-state index is 0.415. The molecule has 0 radical (unpaired) electrons. The Labute approximate surface area is 111 Å². The van der Waals surface area contributed by atoms with Gasteiger partial charge in [0.15, 0.2) is 0 Å². The zero-order valence-corrected chi connectivity index (χ0v) is 11.0. The Kier molecular flexibility index (Phi) is 3.08. The largest absolute Gasteiger partial charge is 0.481 e. The van der Waals surface area contributed by atoms with Crippen LogP contribution in [0.1, 0.15) is 18.4 Å². The molecule has 1 fully saturated rings. The smallest absolute Gasteiger partial charge is 0.311 e. The first kappa shape index (κ1) is 12.1. The van der Waals surface area contributed by atoms with Crippen LogP contribution in [0.4, 0.5) is 0 Å². The zero-order chi connectivity index (χ0) is 12.6. The second-order valence-corrected chi connectivity index (χ2v) is 6.61. The SMILES string of the molecule is O=C(O)C1(CC2Cc3ccccc3S2)CCNC1. The Balaban J connectivity index is 1.73. The van der Waals surface area contributed by atoms with E-state index >= 15 is 0 Å². The first-order valence-corrected chi connectivity index (χ1v) is 7.26. The van der Waals surface area contributed by atoms with Gasteiger partial charge in [0.2, 0.25) is 0 Å². The van der Waals surface area contributed by atoms with E-state index in [1.807, 2.05) is 11.8 Å². The number of hydrogen-bond acceptors (Lipinski definition) is 3. The number of nitrogens with one attached hydrogen (secondary N) is 1. The predicted molar refractivity (Wildman–Crippen MR) is 72.0 cm³/mol. The molecule has 2 atom stereocenters. The van der Waals surface area contributed by atoms with Gasteiger partial charge in [-0.05, 0) is 37.4 Å². The summed E-state index contributed by atoms with van der Waals surface area (Å²) in [6.07, 6.45) is 2.54. The van der Waals surface area contributed by atoms with Crippen LogP contribution < -0.4 is 5.32 Å². The number of carbonyl (C=O) groups is 1. The van der Waals surface area contributed by atoms with Crippen molar-refractivity contribution in [3.8, 4) is 0 Å². The summed E-state index contributed by atoms with van der Waals surface area (Å²) in [5.74, 6) is -0.635. The molecule has 0 aromatic heterocycles. The Bertz CT molecular complexity index is 444. The van der Waals surface area contributed by atoms with Crippen molar-refractivity contribution < 1.29 is 9.90 Å². The average Bonchev–Trinajstić information content (AvgIpc) is 2.95. The lowest BCUT2D eigenvalue weighted by Crippen LogP contribution is -2.36. The number of hydrogen-bond donors (Lipinski definition) is 2. The first-order chi connectivity index (χ1) is 8.70. The van der Waals surface area contributed by atoms with E-state index < -0.39 is 11.4 Å².